The van der Waals surface area contributed by atoms with E-state index in [9.17, 15) is 0 Å². The monoisotopic (exact) mass is 250 g/mol. The fourth-order valence-electron chi connectivity index (χ4n) is 1.56. The third kappa shape index (κ3) is 1.64. The predicted octanol–water partition coefficient (Wildman–Crippen LogP) is 3.26. The molecule has 2 nitrogen and oxygen atoms in total. The Kier molecular flexibility index (Phi) is 2.50. The summed E-state index contributed by atoms with van der Waals surface area (Å²) in [6.07, 6.45) is 0.941. The number of hydrogen-bond donors (Lipinski definition) is 0. The van der Waals surface area contributed by atoms with Gasteiger partial charge in [-0.3, -0.25) is 0 Å². The van der Waals surface area contributed by atoms with E-state index in [1.165, 1.54) is 0 Å². The second-order valence-corrected chi connectivity index (χ2v) is 4.15. The maximum atomic E-state index is 4.43. The van der Waals surface area contributed by atoms with Gasteiger partial charge in [0, 0.05) is 9.86 Å². The first-order chi connectivity index (χ1) is 6.70. The number of nitrogens with zero attached hydrogens (tertiary/aromatic N) is 2. The van der Waals surface area contributed by atoms with Gasteiger partial charge in [0.15, 0.2) is 0 Å². The summed E-state index contributed by atoms with van der Waals surface area (Å²) in [5, 5.41) is 1.15. The van der Waals surface area contributed by atoms with Crippen molar-refractivity contribution < 1.29 is 0 Å². The van der Waals surface area contributed by atoms with Crippen molar-refractivity contribution in [2.24, 2.45) is 0 Å². The van der Waals surface area contributed by atoms with Gasteiger partial charge in [0.05, 0.1) is 11.2 Å². The minimum Gasteiger partial charge on any atom is -0.238 e. The number of aromatic nitrogens is 2. The molecule has 2 aromatic rings. The molecule has 3 heteroatoms. The molecule has 0 atom stereocenters. The van der Waals surface area contributed by atoms with Crippen molar-refractivity contribution in [1.82, 2.24) is 9.97 Å². The minimum atomic E-state index is 0.844. The standard InChI is InChI=1S/C11H11BrN2/c1-3-10-9-6-8(12)4-5-11(9)14-7(2)13-10/h4-6H,3H2,1-2H3. The smallest absolute Gasteiger partial charge is 0.126 e. The number of aryl methyl sites for hydroxylation is 2. The van der Waals surface area contributed by atoms with Crippen LogP contribution in [0.4, 0.5) is 0 Å². The molecule has 0 N–H and O–H groups in total. The molecule has 0 bridgehead atoms. The fourth-order valence-corrected chi connectivity index (χ4v) is 1.92. The molecule has 0 unspecified atom stereocenters. The molecule has 0 saturated heterocycles. The second-order valence-electron chi connectivity index (χ2n) is 3.23. The molecule has 0 radical (unpaired) electrons. The van der Waals surface area contributed by atoms with Crippen LogP contribution in [0.25, 0.3) is 10.9 Å². The molecule has 1 aromatic heterocycles. The lowest BCUT2D eigenvalue weighted by Gasteiger charge is -2.04. The summed E-state index contributed by atoms with van der Waals surface area (Å²) in [6.45, 7) is 4.04. The largest absolute Gasteiger partial charge is 0.238 e. The van der Waals surface area contributed by atoms with E-state index in [0.29, 0.717) is 0 Å². The molecule has 0 fully saturated rings. The van der Waals surface area contributed by atoms with Crippen molar-refractivity contribution in [3.63, 3.8) is 0 Å². The molecule has 0 spiro atoms. The fraction of sp³-hybridized carbons (Fsp3) is 0.273. The highest BCUT2D eigenvalue weighted by Gasteiger charge is 2.03. The van der Waals surface area contributed by atoms with E-state index >= 15 is 0 Å². The Hall–Kier alpha value is -0.960. The van der Waals surface area contributed by atoms with Crippen molar-refractivity contribution in [2.75, 3.05) is 0 Å². The van der Waals surface area contributed by atoms with Crippen LogP contribution in [0.5, 0.6) is 0 Å². The third-order valence-electron chi connectivity index (χ3n) is 2.18. The van der Waals surface area contributed by atoms with Crippen LogP contribution in [-0.4, -0.2) is 9.97 Å². The molecule has 0 aliphatic rings. The molecule has 14 heavy (non-hydrogen) atoms. The highest BCUT2D eigenvalue weighted by Crippen LogP contribution is 2.21. The summed E-state index contributed by atoms with van der Waals surface area (Å²) in [7, 11) is 0. The van der Waals surface area contributed by atoms with Crippen LogP contribution < -0.4 is 0 Å². The van der Waals surface area contributed by atoms with E-state index in [4.69, 9.17) is 0 Å². The van der Waals surface area contributed by atoms with Gasteiger partial charge < -0.3 is 0 Å². The molecule has 1 heterocycles. The van der Waals surface area contributed by atoms with Gasteiger partial charge in [-0.25, -0.2) is 9.97 Å². The van der Waals surface area contributed by atoms with Gasteiger partial charge in [0.2, 0.25) is 0 Å². The molecule has 1 aromatic carbocycles. The Bertz CT molecular complexity index is 480. The van der Waals surface area contributed by atoms with Crippen LogP contribution in [0.3, 0.4) is 0 Å². The Morgan fingerprint density at radius 1 is 1.29 bits per heavy atom. The first-order valence-corrected chi connectivity index (χ1v) is 5.43. The maximum absolute atomic E-state index is 4.43. The van der Waals surface area contributed by atoms with E-state index < -0.39 is 0 Å². The van der Waals surface area contributed by atoms with Crippen LogP contribution in [-0.2, 0) is 6.42 Å². The number of fused-ring (bicyclic) bond motifs is 1. The highest BCUT2D eigenvalue weighted by molar-refractivity contribution is 9.10. The lowest BCUT2D eigenvalue weighted by molar-refractivity contribution is 0.981. The Balaban J connectivity index is 2.81. The number of halogens is 1. The molecule has 0 amide bonds. The Labute approximate surface area is 91.5 Å². The predicted molar refractivity (Wildman–Crippen MR) is 61.4 cm³/mol. The zero-order valence-corrected chi connectivity index (χ0v) is 9.80. The average Bonchev–Trinajstić information content (AvgIpc) is 2.17. The van der Waals surface area contributed by atoms with E-state index in [1.807, 2.05) is 19.1 Å². The van der Waals surface area contributed by atoms with Crippen LogP contribution in [0.15, 0.2) is 22.7 Å². The number of benzene rings is 1. The van der Waals surface area contributed by atoms with Gasteiger partial charge in [-0.05, 0) is 31.5 Å². The van der Waals surface area contributed by atoms with E-state index in [2.05, 4.69) is 38.9 Å². The summed E-state index contributed by atoms with van der Waals surface area (Å²) in [4.78, 5) is 8.82. The van der Waals surface area contributed by atoms with Crippen LogP contribution in [0, 0.1) is 6.92 Å². The first kappa shape index (κ1) is 9.59. The SMILES string of the molecule is CCc1nc(C)nc2ccc(Br)cc12. The van der Waals surface area contributed by atoms with Gasteiger partial charge in [0.25, 0.3) is 0 Å². The third-order valence-corrected chi connectivity index (χ3v) is 2.68. The summed E-state index contributed by atoms with van der Waals surface area (Å²) in [5.74, 6) is 0.844. The van der Waals surface area contributed by atoms with Crippen molar-refractivity contribution in [3.05, 3.63) is 34.2 Å². The normalized spacial score (nSPS) is 10.8. The van der Waals surface area contributed by atoms with Crippen molar-refractivity contribution in [1.29, 1.82) is 0 Å². The zero-order valence-electron chi connectivity index (χ0n) is 8.21. The van der Waals surface area contributed by atoms with E-state index in [-0.39, 0.29) is 0 Å². The van der Waals surface area contributed by atoms with Gasteiger partial charge in [0.1, 0.15) is 5.82 Å². The van der Waals surface area contributed by atoms with Crippen LogP contribution in [0.1, 0.15) is 18.4 Å². The first-order valence-electron chi connectivity index (χ1n) is 4.63. The quantitative estimate of drug-likeness (QED) is 0.777. The molecule has 0 aliphatic heterocycles. The lowest BCUT2D eigenvalue weighted by atomic mass is 10.1. The minimum absolute atomic E-state index is 0.844. The number of rotatable bonds is 1. The molecular formula is C11H11BrN2. The van der Waals surface area contributed by atoms with Gasteiger partial charge in [-0.1, -0.05) is 22.9 Å². The summed E-state index contributed by atoms with van der Waals surface area (Å²) >= 11 is 3.46. The summed E-state index contributed by atoms with van der Waals surface area (Å²) < 4.78 is 1.08. The maximum Gasteiger partial charge on any atom is 0.126 e. The second kappa shape index (κ2) is 3.65. The zero-order chi connectivity index (χ0) is 10.1. The van der Waals surface area contributed by atoms with Gasteiger partial charge in [-0.2, -0.15) is 0 Å². The Morgan fingerprint density at radius 2 is 2.07 bits per heavy atom. The molecule has 0 aliphatic carbocycles. The van der Waals surface area contributed by atoms with E-state index in [0.717, 1.165) is 33.3 Å². The van der Waals surface area contributed by atoms with Gasteiger partial charge >= 0.3 is 0 Å². The van der Waals surface area contributed by atoms with Gasteiger partial charge in [-0.15, -0.1) is 0 Å². The van der Waals surface area contributed by atoms with E-state index in [1.54, 1.807) is 0 Å². The molecule has 0 saturated carbocycles. The van der Waals surface area contributed by atoms with Crippen LogP contribution >= 0.6 is 15.9 Å². The average molecular weight is 251 g/mol. The van der Waals surface area contributed by atoms with Crippen LogP contribution in [0.2, 0.25) is 0 Å². The molecule has 2 rings (SSSR count). The summed E-state index contributed by atoms with van der Waals surface area (Å²) in [5.41, 5.74) is 2.14. The van der Waals surface area contributed by atoms with Crippen molar-refractivity contribution >= 4 is 26.8 Å². The van der Waals surface area contributed by atoms with Crippen molar-refractivity contribution in [2.45, 2.75) is 20.3 Å². The topological polar surface area (TPSA) is 25.8 Å². The molecular weight excluding hydrogens is 240 g/mol. The highest BCUT2D eigenvalue weighted by atomic mass is 79.9. The molecule has 72 valence electrons. The lowest BCUT2D eigenvalue weighted by Crippen LogP contribution is -1.96. The number of hydrogen-bond acceptors (Lipinski definition) is 2. The van der Waals surface area contributed by atoms with Crippen molar-refractivity contribution in [3.8, 4) is 0 Å². The Morgan fingerprint density at radius 3 is 2.79 bits per heavy atom. The summed E-state index contributed by atoms with van der Waals surface area (Å²) in [6, 6.07) is 6.11.